The molecular weight excluding hydrogens is 374 g/mol. The summed E-state index contributed by atoms with van der Waals surface area (Å²) in [5.41, 5.74) is 2.02. The van der Waals surface area contributed by atoms with Crippen molar-refractivity contribution in [1.29, 1.82) is 0 Å². The number of esters is 1. The number of hydrogen-bond acceptors (Lipinski definition) is 5. The summed E-state index contributed by atoms with van der Waals surface area (Å²) in [4.78, 5) is 47.4. The molecule has 0 saturated heterocycles. The zero-order valence-electron chi connectivity index (χ0n) is 16.0. The van der Waals surface area contributed by atoms with Crippen molar-refractivity contribution < 1.29 is 23.9 Å². The molecule has 0 spiro atoms. The fourth-order valence-electron chi connectivity index (χ4n) is 2.93. The Morgan fingerprint density at radius 1 is 0.828 bits per heavy atom. The van der Waals surface area contributed by atoms with E-state index in [0.29, 0.717) is 29.0 Å². The number of carbonyl (C=O) groups excluding carboxylic acids is 4. The van der Waals surface area contributed by atoms with Crippen molar-refractivity contribution in [1.82, 2.24) is 0 Å². The van der Waals surface area contributed by atoms with E-state index in [2.05, 4.69) is 20.7 Å². The molecular formula is C21H21N3O5. The van der Waals surface area contributed by atoms with Crippen LogP contribution in [0.2, 0.25) is 0 Å². The quantitative estimate of drug-likeness (QED) is 0.651. The summed E-state index contributed by atoms with van der Waals surface area (Å²) < 4.78 is 4.66. The first-order valence-electron chi connectivity index (χ1n) is 9.05. The first kappa shape index (κ1) is 20.1. The average molecular weight is 395 g/mol. The largest absolute Gasteiger partial charge is 0.465 e. The lowest BCUT2D eigenvalue weighted by molar-refractivity contribution is -0.122. The van der Waals surface area contributed by atoms with Gasteiger partial charge in [0.2, 0.25) is 17.7 Å². The van der Waals surface area contributed by atoms with Crippen LogP contribution in [0.3, 0.4) is 0 Å². The molecule has 1 aliphatic carbocycles. The summed E-state index contributed by atoms with van der Waals surface area (Å²) in [5.74, 6) is -2.00. The number of carbonyl (C=O) groups is 4. The number of benzene rings is 2. The van der Waals surface area contributed by atoms with E-state index in [9.17, 15) is 19.2 Å². The molecule has 150 valence electrons. The van der Waals surface area contributed by atoms with E-state index in [-0.39, 0.29) is 17.7 Å². The van der Waals surface area contributed by atoms with Crippen LogP contribution in [0.1, 0.15) is 23.7 Å². The van der Waals surface area contributed by atoms with Gasteiger partial charge in [-0.15, -0.1) is 0 Å². The Balaban J connectivity index is 1.53. The maximum atomic E-state index is 12.4. The van der Waals surface area contributed by atoms with Crippen molar-refractivity contribution in [2.24, 2.45) is 11.8 Å². The molecule has 2 atom stereocenters. The van der Waals surface area contributed by atoms with Crippen molar-refractivity contribution >= 4 is 40.8 Å². The lowest BCUT2D eigenvalue weighted by atomic mass is 10.2. The molecule has 29 heavy (non-hydrogen) atoms. The minimum Gasteiger partial charge on any atom is -0.465 e. The fourth-order valence-corrected chi connectivity index (χ4v) is 2.93. The molecule has 0 heterocycles. The maximum Gasteiger partial charge on any atom is 0.337 e. The number of hydrogen-bond donors (Lipinski definition) is 3. The van der Waals surface area contributed by atoms with Gasteiger partial charge in [0.15, 0.2) is 0 Å². The van der Waals surface area contributed by atoms with Crippen molar-refractivity contribution in [2.75, 3.05) is 23.1 Å². The van der Waals surface area contributed by atoms with E-state index in [1.165, 1.54) is 20.1 Å². The molecule has 3 rings (SSSR count). The van der Waals surface area contributed by atoms with Crippen LogP contribution in [0.4, 0.5) is 17.1 Å². The highest BCUT2D eigenvalue weighted by molar-refractivity contribution is 6.03. The molecule has 3 N–H and O–H groups in total. The van der Waals surface area contributed by atoms with Crippen LogP contribution >= 0.6 is 0 Å². The normalized spacial score (nSPS) is 17.0. The van der Waals surface area contributed by atoms with E-state index >= 15 is 0 Å². The van der Waals surface area contributed by atoms with Crippen LogP contribution in [-0.2, 0) is 19.1 Å². The molecule has 8 heteroatoms. The summed E-state index contributed by atoms with van der Waals surface area (Å²) in [7, 11) is 1.29. The topological polar surface area (TPSA) is 114 Å². The Morgan fingerprint density at radius 3 is 1.93 bits per heavy atom. The highest BCUT2D eigenvalue weighted by atomic mass is 16.5. The minimum atomic E-state index is -0.491. The van der Waals surface area contributed by atoms with Gasteiger partial charge in [-0.2, -0.15) is 0 Å². The maximum absolute atomic E-state index is 12.4. The Kier molecular flexibility index (Phi) is 5.92. The fraction of sp³-hybridized carbons (Fsp3) is 0.238. The highest BCUT2D eigenvalue weighted by Crippen LogP contribution is 2.40. The van der Waals surface area contributed by atoms with Gasteiger partial charge >= 0.3 is 5.97 Å². The summed E-state index contributed by atoms with van der Waals surface area (Å²) in [6.45, 7) is 1.42. The van der Waals surface area contributed by atoms with Crippen LogP contribution in [0.5, 0.6) is 0 Å². The van der Waals surface area contributed by atoms with Crippen LogP contribution in [0.15, 0.2) is 48.5 Å². The van der Waals surface area contributed by atoms with E-state index in [0.717, 1.165) is 0 Å². The first-order chi connectivity index (χ1) is 13.9. The molecule has 0 bridgehead atoms. The predicted molar refractivity (Wildman–Crippen MR) is 107 cm³/mol. The Hall–Kier alpha value is -3.68. The summed E-state index contributed by atoms with van der Waals surface area (Å²) >= 11 is 0. The third kappa shape index (κ3) is 5.19. The van der Waals surface area contributed by atoms with Gasteiger partial charge in [-0.25, -0.2) is 4.79 Å². The minimum absolute atomic E-state index is 0.175. The number of methoxy groups -OCH3 is 1. The number of rotatable bonds is 6. The molecule has 1 aliphatic rings. The smallest absolute Gasteiger partial charge is 0.337 e. The van der Waals surface area contributed by atoms with Gasteiger partial charge in [-0.1, -0.05) is 6.07 Å². The van der Waals surface area contributed by atoms with Gasteiger partial charge in [0, 0.05) is 24.0 Å². The van der Waals surface area contributed by atoms with Gasteiger partial charge < -0.3 is 20.7 Å². The first-order valence-corrected chi connectivity index (χ1v) is 9.05. The van der Waals surface area contributed by atoms with Crippen molar-refractivity contribution in [3.8, 4) is 0 Å². The van der Waals surface area contributed by atoms with Gasteiger partial charge in [0.05, 0.1) is 24.5 Å². The van der Waals surface area contributed by atoms with Crippen molar-refractivity contribution in [2.45, 2.75) is 13.3 Å². The Labute approximate surface area is 167 Å². The van der Waals surface area contributed by atoms with E-state index in [1.54, 1.807) is 42.5 Å². The zero-order chi connectivity index (χ0) is 21.0. The Bertz CT molecular complexity index is 955. The van der Waals surface area contributed by atoms with E-state index < -0.39 is 17.8 Å². The number of nitrogens with one attached hydrogen (secondary N) is 3. The molecule has 0 aliphatic heterocycles. The van der Waals surface area contributed by atoms with Gasteiger partial charge in [-0.3, -0.25) is 14.4 Å². The number of amides is 3. The third-order valence-electron chi connectivity index (χ3n) is 4.49. The number of anilines is 3. The Morgan fingerprint density at radius 2 is 1.38 bits per heavy atom. The van der Waals surface area contributed by atoms with Crippen LogP contribution in [0.25, 0.3) is 0 Å². The van der Waals surface area contributed by atoms with Gasteiger partial charge in [-0.05, 0) is 48.9 Å². The molecule has 1 fully saturated rings. The summed E-state index contributed by atoms with van der Waals surface area (Å²) in [5, 5.41) is 8.15. The molecule has 2 aromatic rings. The van der Waals surface area contributed by atoms with Crippen molar-refractivity contribution in [3.63, 3.8) is 0 Å². The lowest BCUT2D eigenvalue weighted by Gasteiger charge is -2.08. The second kappa shape index (κ2) is 8.55. The van der Waals surface area contributed by atoms with Crippen LogP contribution in [-0.4, -0.2) is 30.8 Å². The predicted octanol–water partition coefficient (Wildman–Crippen LogP) is 2.64. The second-order valence-corrected chi connectivity index (χ2v) is 6.76. The lowest BCUT2D eigenvalue weighted by Crippen LogP contribution is -2.20. The molecule has 2 aromatic carbocycles. The average Bonchev–Trinajstić information content (AvgIpc) is 3.50. The van der Waals surface area contributed by atoms with Crippen LogP contribution in [0, 0.1) is 11.8 Å². The molecule has 2 unspecified atom stereocenters. The highest BCUT2D eigenvalue weighted by Gasteiger charge is 2.48. The molecule has 1 saturated carbocycles. The summed E-state index contributed by atoms with van der Waals surface area (Å²) in [6, 6.07) is 13.1. The standard InChI is InChI=1S/C21H21N3O5/c1-12(25)22-14-6-8-15(9-7-14)23-19(26)17-11-18(17)20(27)24-16-5-3-4-13(10-16)21(28)29-2/h3-10,17-18H,11H2,1-2H3,(H,22,25)(H,23,26)(H,24,27). The molecule has 3 amide bonds. The SMILES string of the molecule is COC(=O)c1cccc(NC(=O)C2CC2C(=O)Nc2ccc(NC(C)=O)cc2)c1. The zero-order valence-corrected chi connectivity index (χ0v) is 16.0. The molecule has 8 nitrogen and oxygen atoms in total. The van der Waals surface area contributed by atoms with Crippen LogP contribution < -0.4 is 16.0 Å². The molecule has 0 radical (unpaired) electrons. The summed E-state index contributed by atoms with van der Waals surface area (Å²) in [6.07, 6.45) is 0.457. The van der Waals surface area contributed by atoms with Gasteiger partial charge in [0.25, 0.3) is 0 Å². The van der Waals surface area contributed by atoms with E-state index in [1.807, 2.05) is 0 Å². The monoisotopic (exact) mass is 395 g/mol. The number of ether oxygens (including phenoxy) is 1. The van der Waals surface area contributed by atoms with Gasteiger partial charge in [0.1, 0.15) is 0 Å². The second-order valence-electron chi connectivity index (χ2n) is 6.76. The third-order valence-corrected chi connectivity index (χ3v) is 4.49. The molecule has 0 aromatic heterocycles. The van der Waals surface area contributed by atoms with Crippen molar-refractivity contribution in [3.05, 3.63) is 54.1 Å². The van der Waals surface area contributed by atoms with E-state index in [4.69, 9.17) is 0 Å².